The van der Waals surface area contributed by atoms with E-state index in [1.807, 2.05) is 30.3 Å². The molecule has 0 radical (unpaired) electrons. The molecular formula is C12H15N2O2+. The minimum absolute atomic E-state index is 0.0831. The van der Waals surface area contributed by atoms with Crippen molar-refractivity contribution in [1.29, 1.82) is 5.39 Å². The van der Waals surface area contributed by atoms with E-state index < -0.39 is 0 Å². The second kappa shape index (κ2) is 6.46. The molecule has 0 bridgehead atoms. The molecule has 1 N–H and O–H groups in total. The molecule has 1 aromatic carbocycles. The van der Waals surface area contributed by atoms with Crippen LogP contribution in [0.15, 0.2) is 42.0 Å². The van der Waals surface area contributed by atoms with Crippen molar-refractivity contribution in [2.45, 2.75) is 19.8 Å². The van der Waals surface area contributed by atoms with Crippen LogP contribution in [0.2, 0.25) is 0 Å². The van der Waals surface area contributed by atoms with Crippen LogP contribution in [-0.2, 0) is 11.2 Å². The third-order valence-corrected chi connectivity index (χ3v) is 2.15. The van der Waals surface area contributed by atoms with Gasteiger partial charge in [0, 0.05) is 0 Å². The van der Waals surface area contributed by atoms with Crippen molar-refractivity contribution in [2.24, 2.45) is 0 Å². The molecule has 1 aromatic rings. The number of allylic oxidation sites excluding steroid dienone is 1. The number of ether oxygens (including phenoxy) is 1. The Balaban J connectivity index is 2.26. The lowest BCUT2D eigenvalue weighted by Gasteiger charge is -2.02. The normalized spacial score (nSPS) is 11.5. The predicted molar refractivity (Wildman–Crippen MR) is 61.1 cm³/mol. The van der Waals surface area contributed by atoms with Gasteiger partial charge in [0.2, 0.25) is 5.39 Å². The average molecular weight is 219 g/mol. The summed E-state index contributed by atoms with van der Waals surface area (Å²) in [6, 6.07) is 10.0. The lowest BCUT2D eigenvalue weighted by atomic mass is 10.1. The number of rotatable bonds is 5. The van der Waals surface area contributed by atoms with E-state index in [1.54, 1.807) is 0 Å². The Kier molecular flexibility index (Phi) is 4.87. The van der Waals surface area contributed by atoms with Gasteiger partial charge in [-0.25, -0.2) is 0 Å². The first-order valence-electron chi connectivity index (χ1n) is 5.15. The van der Waals surface area contributed by atoms with Crippen LogP contribution in [0.25, 0.3) is 4.98 Å². The van der Waals surface area contributed by atoms with Crippen LogP contribution in [0.5, 0.6) is 0 Å². The summed E-state index contributed by atoms with van der Waals surface area (Å²) in [7, 11) is 0. The van der Waals surface area contributed by atoms with Crippen LogP contribution in [-0.4, -0.2) is 11.7 Å². The first-order chi connectivity index (χ1) is 7.74. The van der Waals surface area contributed by atoms with Gasteiger partial charge in [-0.15, -0.1) is 0 Å². The Morgan fingerprint density at radius 1 is 1.38 bits per heavy atom. The summed E-state index contributed by atoms with van der Waals surface area (Å²) in [6.45, 7) is 1.86. The highest BCUT2D eigenvalue weighted by atomic mass is 16.6. The van der Waals surface area contributed by atoms with Crippen LogP contribution in [0, 0.1) is 5.39 Å². The molecule has 1 rings (SSSR count). The van der Waals surface area contributed by atoms with Crippen molar-refractivity contribution in [2.75, 3.05) is 6.61 Å². The van der Waals surface area contributed by atoms with E-state index in [1.165, 1.54) is 12.5 Å². The molecule has 0 amide bonds. The molecule has 0 aromatic heterocycles. The van der Waals surface area contributed by atoms with Crippen LogP contribution in [0.3, 0.4) is 0 Å². The zero-order valence-electron chi connectivity index (χ0n) is 9.26. The highest BCUT2D eigenvalue weighted by Gasteiger charge is 2.12. The number of aryl methyl sites for hydroxylation is 1. The summed E-state index contributed by atoms with van der Waals surface area (Å²) >= 11 is 0. The Morgan fingerprint density at radius 2 is 2.06 bits per heavy atom. The molecule has 0 heterocycles. The summed E-state index contributed by atoms with van der Waals surface area (Å²) in [5.41, 5.74) is 1.32. The fraction of sp³-hybridized carbons (Fsp3) is 0.333. The highest BCUT2D eigenvalue weighted by Crippen LogP contribution is 2.06. The molecule has 0 spiro atoms. The van der Waals surface area contributed by atoms with Gasteiger partial charge in [-0.3, -0.25) is 0 Å². The Hall–Kier alpha value is -2.02. The van der Waals surface area contributed by atoms with E-state index in [4.69, 9.17) is 10.1 Å². The smallest absolute Gasteiger partial charge is 0.437 e. The molecule has 84 valence electrons. The summed E-state index contributed by atoms with van der Waals surface area (Å²) < 4.78 is 5.00. The summed E-state index contributed by atoms with van der Waals surface area (Å²) in [6.07, 6.45) is 1.69. The van der Waals surface area contributed by atoms with Gasteiger partial charge >= 0.3 is 11.6 Å². The maximum Gasteiger partial charge on any atom is 0.437 e. The lowest BCUT2D eigenvalue weighted by molar-refractivity contribution is 0.0886. The SMILES string of the molecule is C/C([N+]#N)=C(/O)OCCCc1ccccc1. The maximum absolute atomic E-state index is 9.22. The fourth-order valence-corrected chi connectivity index (χ4v) is 1.24. The Morgan fingerprint density at radius 3 is 2.69 bits per heavy atom. The van der Waals surface area contributed by atoms with Crippen LogP contribution in [0.4, 0.5) is 0 Å². The summed E-state index contributed by atoms with van der Waals surface area (Å²) in [5.74, 6) is -0.324. The molecule has 0 fully saturated rings. The zero-order chi connectivity index (χ0) is 11.8. The van der Waals surface area contributed by atoms with Gasteiger partial charge in [-0.1, -0.05) is 30.3 Å². The van der Waals surface area contributed by atoms with Crippen molar-refractivity contribution in [1.82, 2.24) is 0 Å². The Bertz CT molecular complexity index is 393. The Labute approximate surface area is 94.8 Å². The van der Waals surface area contributed by atoms with Crippen LogP contribution < -0.4 is 0 Å². The number of benzene rings is 1. The van der Waals surface area contributed by atoms with E-state index in [-0.39, 0.29) is 11.6 Å². The van der Waals surface area contributed by atoms with Gasteiger partial charge in [0.15, 0.2) is 4.98 Å². The third-order valence-electron chi connectivity index (χ3n) is 2.15. The topological polar surface area (TPSA) is 57.6 Å². The lowest BCUT2D eigenvalue weighted by Crippen LogP contribution is -1.98. The number of aliphatic hydroxyl groups excluding tert-OH is 1. The van der Waals surface area contributed by atoms with Gasteiger partial charge in [0.05, 0.1) is 13.5 Å². The predicted octanol–water partition coefficient (Wildman–Crippen LogP) is 3.24. The minimum atomic E-state index is -0.324. The maximum atomic E-state index is 9.22. The third kappa shape index (κ3) is 4.01. The molecule has 0 aliphatic carbocycles. The zero-order valence-corrected chi connectivity index (χ0v) is 9.26. The number of diazo groups is 1. The molecule has 16 heavy (non-hydrogen) atoms. The quantitative estimate of drug-likeness (QED) is 0.470. The van der Waals surface area contributed by atoms with E-state index in [0.717, 1.165) is 12.8 Å². The molecule has 0 saturated heterocycles. The van der Waals surface area contributed by atoms with E-state index in [0.29, 0.717) is 6.61 Å². The summed E-state index contributed by atoms with van der Waals surface area (Å²) in [4.78, 5) is 2.83. The van der Waals surface area contributed by atoms with Gasteiger partial charge in [0.1, 0.15) is 0 Å². The molecule has 0 saturated carbocycles. The average Bonchev–Trinajstić information content (AvgIpc) is 2.34. The van der Waals surface area contributed by atoms with Crippen LogP contribution in [0.1, 0.15) is 18.9 Å². The first kappa shape index (κ1) is 12.1. The second-order valence-corrected chi connectivity index (χ2v) is 3.43. The molecule has 0 atom stereocenters. The second-order valence-electron chi connectivity index (χ2n) is 3.43. The van der Waals surface area contributed by atoms with Gasteiger partial charge in [-0.2, -0.15) is 0 Å². The highest BCUT2D eigenvalue weighted by molar-refractivity contribution is 5.14. The van der Waals surface area contributed by atoms with Gasteiger partial charge < -0.3 is 9.84 Å². The van der Waals surface area contributed by atoms with E-state index in [9.17, 15) is 5.11 Å². The molecule has 0 unspecified atom stereocenters. The largest absolute Gasteiger partial charge is 0.475 e. The van der Waals surface area contributed by atoms with Crippen molar-refractivity contribution < 1.29 is 9.84 Å². The number of nitrogens with zero attached hydrogens (tertiary/aromatic N) is 2. The van der Waals surface area contributed by atoms with Crippen molar-refractivity contribution >= 4 is 0 Å². The van der Waals surface area contributed by atoms with Crippen molar-refractivity contribution in [3.8, 4) is 0 Å². The van der Waals surface area contributed by atoms with Crippen molar-refractivity contribution in [3.63, 3.8) is 0 Å². The first-order valence-corrected chi connectivity index (χ1v) is 5.15. The monoisotopic (exact) mass is 219 g/mol. The molecular weight excluding hydrogens is 204 g/mol. The van der Waals surface area contributed by atoms with E-state index in [2.05, 4.69) is 4.98 Å². The number of hydrogen-bond acceptors (Lipinski definition) is 3. The standard InChI is InChI=1S/C12H14N2O2/c1-10(14-13)12(15)16-9-5-8-11-6-3-2-4-7-11/h2-4,6-7H,5,8-9H2,1H3/p+1/b12-10+. The van der Waals surface area contributed by atoms with E-state index >= 15 is 0 Å². The van der Waals surface area contributed by atoms with Gasteiger partial charge in [0.25, 0.3) is 0 Å². The fourth-order valence-electron chi connectivity index (χ4n) is 1.24. The molecule has 0 aliphatic heterocycles. The number of aliphatic hydroxyl groups is 1. The van der Waals surface area contributed by atoms with Crippen LogP contribution >= 0.6 is 0 Å². The minimum Gasteiger partial charge on any atom is -0.475 e. The molecule has 4 heteroatoms. The number of hydrogen-bond donors (Lipinski definition) is 1. The van der Waals surface area contributed by atoms with Crippen molar-refractivity contribution in [3.05, 3.63) is 52.5 Å². The summed E-state index contributed by atoms with van der Waals surface area (Å²) in [5, 5.41) is 17.6. The van der Waals surface area contributed by atoms with Gasteiger partial charge in [-0.05, 0) is 18.4 Å². The molecule has 0 aliphatic rings. The molecule has 4 nitrogen and oxygen atoms in total.